The summed E-state index contributed by atoms with van der Waals surface area (Å²) in [7, 11) is 0. The van der Waals surface area contributed by atoms with Crippen LogP contribution in [0.15, 0.2) is 50.5 Å². The normalized spacial score (nSPS) is 15.3. The zero-order chi connectivity index (χ0) is 20.7. The minimum absolute atomic E-state index is 0.00867. The fourth-order valence-corrected chi connectivity index (χ4v) is 4.27. The summed E-state index contributed by atoms with van der Waals surface area (Å²) in [4.78, 5) is 51.0. The summed E-state index contributed by atoms with van der Waals surface area (Å²) < 4.78 is 2.21. The number of amides is 1. The van der Waals surface area contributed by atoms with E-state index >= 15 is 0 Å². The second kappa shape index (κ2) is 7.32. The molecule has 3 aromatic rings. The highest BCUT2D eigenvalue weighted by Gasteiger charge is 2.26. The van der Waals surface area contributed by atoms with Crippen molar-refractivity contribution in [3.63, 3.8) is 0 Å². The fraction of sp³-hybridized carbons (Fsp3) is 0.200. The van der Waals surface area contributed by atoms with E-state index < -0.39 is 23.1 Å². The molecular formula is C20H16BrN3O5. The molecule has 148 valence electrons. The molecule has 1 aromatic heterocycles. The maximum atomic E-state index is 12.6. The molecule has 0 saturated heterocycles. The zero-order valence-electron chi connectivity index (χ0n) is 15.1. The van der Waals surface area contributed by atoms with E-state index in [1.54, 1.807) is 18.2 Å². The van der Waals surface area contributed by atoms with Gasteiger partial charge < -0.3 is 15.4 Å². The Labute approximate surface area is 172 Å². The third-order valence-electron chi connectivity index (χ3n) is 4.98. The van der Waals surface area contributed by atoms with Crippen molar-refractivity contribution in [2.45, 2.75) is 25.3 Å². The Kier molecular flexibility index (Phi) is 4.83. The first-order chi connectivity index (χ1) is 13.8. The predicted octanol–water partition coefficient (Wildman–Crippen LogP) is 2.67. The summed E-state index contributed by atoms with van der Waals surface area (Å²) in [6.07, 6.45) is 1.18. The summed E-state index contributed by atoms with van der Waals surface area (Å²) in [6.45, 7) is 0. The van der Waals surface area contributed by atoms with Gasteiger partial charge in [-0.05, 0) is 48.7 Å². The average molecular weight is 458 g/mol. The second-order valence-corrected chi connectivity index (χ2v) is 7.84. The number of rotatable bonds is 4. The third kappa shape index (κ3) is 3.61. The number of aromatic carboxylic acids is 1. The molecule has 1 unspecified atom stereocenters. The first-order valence-electron chi connectivity index (χ1n) is 8.93. The van der Waals surface area contributed by atoms with Gasteiger partial charge in [-0.15, -0.1) is 0 Å². The van der Waals surface area contributed by atoms with E-state index in [-0.39, 0.29) is 17.9 Å². The van der Waals surface area contributed by atoms with E-state index in [0.29, 0.717) is 29.6 Å². The van der Waals surface area contributed by atoms with Crippen LogP contribution in [0.3, 0.4) is 0 Å². The molecule has 1 atom stereocenters. The molecule has 1 amide bonds. The molecule has 0 aliphatic carbocycles. The van der Waals surface area contributed by atoms with Crippen LogP contribution in [0.1, 0.15) is 34.8 Å². The lowest BCUT2D eigenvalue weighted by atomic mass is 9.96. The Morgan fingerprint density at radius 1 is 1.24 bits per heavy atom. The molecular weight excluding hydrogens is 442 g/mol. The molecule has 8 nitrogen and oxygen atoms in total. The van der Waals surface area contributed by atoms with Gasteiger partial charge in [0.25, 0.3) is 0 Å². The number of anilines is 1. The number of aryl methyl sites for hydroxylation is 1. The summed E-state index contributed by atoms with van der Waals surface area (Å²) >= 11 is 3.41. The van der Waals surface area contributed by atoms with E-state index in [0.717, 1.165) is 10.0 Å². The van der Waals surface area contributed by atoms with Crippen LogP contribution in [0.25, 0.3) is 11.0 Å². The van der Waals surface area contributed by atoms with Crippen LogP contribution in [0.5, 0.6) is 0 Å². The molecule has 0 saturated carbocycles. The number of hydrogen-bond donors (Lipinski definition) is 3. The highest BCUT2D eigenvalue weighted by atomic mass is 79.9. The predicted molar refractivity (Wildman–Crippen MR) is 111 cm³/mol. The van der Waals surface area contributed by atoms with E-state index in [2.05, 4.69) is 26.2 Å². The van der Waals surface area contributed by atoms with Crippen molar-refractivity contribution in [3.05, 3.63) is 72.7 Å². The molecule has 0 bridgehead atoms. The monoisotopic (exact) mass is 457 g/mol. The van der Waals surface area contributed by atoms with Crippen molar-refractivity contribution in [1.82, 2.24) is 9.55 Å². The number of aromatic amines is 1. The fourth-order valence-electron chi connectivity index (χ4n) is 3.76. The van der Waals surface area contributed by atoms with Crippen molar-refractivity contribution in [3.8, 4) is 0 Å². The number of halogens is 1. The lowest BCUT2D eigenvalue weighted by Gasteiger charge is -2.27. The molecule has 3 N–H and O–H groups in total. The van der Waals surface area contributed by atoms with Gasteiger partial charge in [0.15, 0.2) is 0 Å². The van der Waals surface area contributed by atoms with E-state index in [9.17, 15) is 19.2 Å². The number of carbonyl (C=O) groups excluding carboxylic acids is 1. The van der Waals surface area contributed by atoms with Crippen molar-refractivity contribution < 1.29 is 14.7 Å². The second-order valence-electron chi connectivity index (χ2n) is 6.92. The Bertz CT molecular complexity index is 1280. The zero-order valence-corrected chi connectivity index (χ0v) is 16.7. The number of nitrogens with one attached hydrogen (secondary N) is 2. The molecule has 0 spiro atoms. The van der Waals surface area contributed by atoms with Crippen molar-refractivity contribution in [2.24, 2.45) is 0 Å². The summed E-state index contributed by atoms with van der Waals surface area (Å²) in [5.74, 6) is -1.45. The van der Waals surface area contributed by atoms with Gasteiger partial charge in [0.05, 0.1) is 16.6 Å². The third-order valence-corrected chi connectivity index (χ3v) is 5.44. The van der Waals surface area contributed by atoms with Gasteiger partial charge in [0, 0.05) is 22.6 Å². The van der Waals surface area contributed by atoms with E-state index in [1.165, 1.54) is 16.7 Å². The highest BCUT2D eigenvalue weighted by Crippen LogP contribution is 2.32. The Morgan fingerprint density at radius 3 is 2.79 bits per heavy atom. The van der Waals surface area contributed by atoms with E-state index in [1.807, 2.05) is 6.07 Å². The van der Waals surface area contributed by atoms with Crippen LogP contribution >= 0.6 is 15.9 Å². The van der Waals surface area contributed by atoms with Gasteiger partial charge >= 0.3 is 17.1 Å². The first kappa shape index (κ1) is 19.1. The molecule has 2 heterocycles. The molecule has 29 heavy (non-hydrogen) atoms. The number of carboxylic acid groups (broad SMARTS) is 1. The van der Waals surface area contributed by atoms with Crippen molar-refractivity contribution >= 4 is 44.5 Å². The number of aromatic nitrogens is 2. The van der Waals surface area contributed by atoms with Gasteiger partial charge in [0.1, 0.15) is 0 Å². The van der Waals surface area contributed by atoms with Gasteiger partial charge in [-0.25, -0.2) is 4.79 Å². The van der Waals surface area contributed by atoms with Gasteiger partial charge in [-0.2, -0.15) is 0 Å². The Morgan fingerprint density at radius 2 is 2.03 bits per heavy atom. The van der Waals surface area contributed by atoms with Gasteiger partial charge in [-0.3, -0.25) is 19.0 Å². The topological polar surface area (TPSA) is 121 Å². The lowest BCUT2D eigenvalue weighted by Crippen LogP contribution is -2.41. The molecule has 9 heteroatoms. The number of hydrogen-bond acceptors (Lipinski definition) is 4. The van der Waals surface area contributed by atoms with Crippen molar-refractivity contribution in [2.75, 3.05) is 5.32 Å². The van der Waals surface area contributed by atoms with Crippen LogP contribution in [0.4, 0.5) is 5.69 Å². The quantitative estimate of drug-likeness (QED) is 0.519. The maximum absolute atomic E-state index is 12.6. The molecule has 0 radical (unpaired) electrons. The van der Waals surface area contributed by atoms with Gasteiger partial charge in [-0.1, -0.05) is 22.0 Å². The van der Waals surface area contributed by atoms with Crippen LogP contribution in [-0.4, -0.2) is 26.5 Å². The molecule has 2 aromatic carbocycles. The summed E-state index contributed by atoms with van der Waals surface area (Å²) in [6, 6.07) is 9.10. The van der Waals surface area contributed by atoms with Crippen molar-refractivity contribution in [1.29, 1.82) is 0 Å². The minimum atomic E-state index is -1.09. The number of carboxylic acids is 1. The minimum Gasteiger partial charge on any atom is -0.478 e. The molecule has 0 fully saturated rings. The van der Waals surface area contributed by atoms with Crippen LogP contribution in [0.2, 0.25) is 0 Å². The number of carbonyl (C=O) groups is 2. The molecule has 1 aliphatic rings. The van der Waals surface area contributed by atoms with Gasteiger partial charge in [0.2, 0.25) is 5.91 Å². The molecule has 1 aliphatic heterocycles. The van der Waals surface area contributed by atoms with Crippen LogP contribution in [-0.2, 0) is 11.2 Å². The first-order valence-corrected chi connectivity index (χ1v) is 9.73. The highest BCUT2D eigenvalue weighted by molar-refractivity contribution is 9.10. The smallest absolute Gasteiger partial charge is 0.335 e. The number of nitrogens with zero attached hydrogens (tertiary/aromatic N) is 1. The number of H-pyrrole nitrogens is 1. The molecule has 4 rings (SSSR count). The maximum Gasteiger partial charge on any atom is 0.335 e. The van der Waals surface area contributed by atoms with Crippen LogP contribution < -0.4 is 16.4 Å². The summed E-state index contributed by atoms with van der Waals surface area (Å²) in [5.41, 5.74) is 1.10. The SMILES string of the molecule is O=C(CC1CCc2cc(Br)cc3[nH]c(=O)c(=O)n1c23)Nc1cccc(C(=O)O)c1. The Balaban J connectivity index is 1.66. The summed E-state index contributed by atoms with van der Waals surface area (Å²) in [5, 5.41) is 11.7. The van der Waals surface area contributed by atoms with Crippen LogP contribution in [0, 0.1) is 0 Å². The Hall–Kier alpha value is -3.20. The lowest BCUT2D eigenvalue weighted by molar-refractivity contribution is -0.117. The number of benzene rings is 2. The van der Waals surface area contributed by atoms with E-state index in [4.69, 9.17) is 5.11 Å². The largest absolute Gasteiger partial charge is 0.478 e. The average Bonchev–Trinajstić information content (AvgIpc) is 2.66. The standard InChI is InChI=1S/C20H16BrN3O5/c21-12-6-10-4-5-14(24-17(10)15(8-12)23-18(26)19(24)27)9-16(25)22-13-3-1-2-11(7-13)20(28)29/h1-3,6-8,14H,4-5,9H2,(H,22,25)(H,23,26)(H,28,29).